The molecule has 0 amide bonds. The Morgan fingerprint density at radius 2 is 1.83 bits per heavy atom. The quantitative estimate of drug-likeness (QED) is 0.882. The summed E-state index contributed by atoms with van der Waals surface area (Å²) in [6.07, 6.45) is 4.93. The van der Waals surface area contributed by atoms with Crippen LogP contribution in [-0.2, 0) is 11.2 Å². The summed E-state index contributed by atoms with van der Waals surface area (Å²) in [4.78, 5) is 10.9. The van der Waals surface area contributed by atoms with Gasteiger partial charge in [-0.3, -0.25) is 4.79 Å². The van der Waals surface area contributed by atoms with Crippen molar-refractivity contribution in [2.45, 2.75) is 46.0 Å². The maximum atomic E-state index is 10.9. The van der Waals surface area contributed by atoms with Gasteiger partial charge in [-0.1, -0.05) is 18.2 Å². The maximum absolute atomic E-state index is 10.9. The second-order valence-corrected chi connectivity index (χ2v) is 5.68. The van der Waals surface area contributed by atoms with E-state index < -0.39 is 5.97 Å². The highest BCUT2D eigenvalue weighted by molar-refractivity contribution is 5.69. The average molecular weight is 246 g/mol. The standard InChI is InChI=1S/C16H22O2/c1-11-3-4-14(9-12(11)2)10-13-5-7-15(8-6-13)16(17)18/h3-4,9,13,15H,5-8,10H2,1-2H3,(H,17,18). The minimum atomic E-state index is -0.611. The third-order valence-corrected chi connectivity index (χ3v) is 4.29. The Bertz CT molecular complexity index is 429. The molecule has 1 aliphatic rings. The Labute approximate surface area is 109 Å². The van der Waals surface area contributed by atoms with Crippen LogP contribution in [0.4, 0.5) is 0 Å². The first-order valence-electron chi connectivity index (χ1n) is 6.85. The predicted molar refractivity (Wildman–Crippen MR) is 72.7 cm³/mol. The molecule has 1 aromatic carbocycles. The van der Waals surface area contributed by atoms with E-state index in [1.807, 2.05) is 0 Å². The first-order chi connectivity index (χ1) is 8.56. The predicted octanol–water partition coefficient (Wildman–Crippen LogP) is 3.74. The van der Waals surface area contributed by atoms with Gasteiger partial charge in [-0.05, 0) is 68.6 Å². The Morgan fingerprint density at radius 1 is 1.17 bits per heavy atom. The van der Waals surface area contributed by atoms with Gasteiger partial charge in [0.2, 0.25) is 0 Å². The Balaban J connectivity index is 1.91. The van der Waals surface area contributed by atoms with Crippen LogP contribution in [0.5, 0.6) is 0 Å². The van der Waals surface area contributed by atoms with Crippen LogP contribution in [0.25, 0.3) is 0 Å². The van der Waals surface area contributed by atoms with Crippen molar-refractivity contribution >= 4 is 5.97 Å². The molecule has 0 atom stereocenters. The van der Waals surface area contributed by atoms with Crippen molar-refractivity contribution in [1.29, 1.82) is 0 Å². The second kappa shape index (κ2) is 5.55. The summed E-state index contributed by atoms with van der Waals surface area (Å²) in [5.74, 6) is -0.0386. The van der Waals surface area contributed by atoms with Crippen molar-refractivity contribution in [3.05, 3.63) is 34.9 Å². The molecule has 1 aliphatic carbocycles. The second-order valence-electron chi connectivity index (χ2n) is 5.68. The van der Waals surface area contributed by atoms with E-state index in [0.717, 1.165) is 32.1 Å². The first kappa shape index (κ1) is 13.1. The van der Waals surface area contributed by atoms with Crippen LogP contribution in [0.3, 0.4) is 0 Å². The lowest BCUT2D eigenvalue weighted by Gasteiger charge is -2.26. The van der Waals surface area contributed by atoms with Gasteiger partial charge in [0.05, 0.1) is 5.92 Å². The molecule has 0 aliphatic heterocycles. The lowest BCUT2D eigenvalue weighted by Crippen LogP contribution is -2.22. The zero-order valence-electron chi connectivity index (χ0n) is 11.3. The summed E-state index contributed by atoms with van der Waals surface area (Å²) in [7, 11) is 0. The topological polar surface area (TPSA) is 37.3 Å². The molecule has 1 aromatic rings. The van der Waals surface area contributed by atoms with Gasteiger partial charge in [0.25, 0.3) is 0 Å². The van der Waals surface area contributed by atoms with Gasteiger partial charge in [0.1, 0.15) is 0 Å². The number of hydrogen-bond donors (Lipinski definition) is 1. The molecule has 2 heteroatoms. The first-order valence-corrected chi connectivity index (χ1v) is 6.85. The fourth-order valence-electron chi connectivity index (χ4n) is 2.88. The maximum Gasteiger partial charge on any atom is 0.306 e. The van der Waals surface area contributed by atoms with E-state index in [4.69, 9.17) is 5.11 Å². The van der Waals surface area contributed by atoms with Crippen molar-refractivity contribution in [3.63, 3.8) is 0 Å². The third kappa shape index (κ3) is 3.12. The Hall–Kier alpha value is -1.31. The summed E-state index contributed by atoms with van der Waals surface area (Å²) in [5, 5.41) is 8.98. The third-order valence-electron chi connectivity index (χ3n) is 4.29. The largest absolute Gasteiger partial charge is 0.481 e. The number of benzene rings is 1. The van der Waals surface area contributed by atoms with E-state index in [0.29, 0.717) is 5.92 Å². The van der Waals surface area contributed by atoms with E-state index in [-0.39, 0.29) is 5.92 Å². The van der Waals surface area contributed by atoms with E-state index >= 15 is 0 Å². The van der Waals surface area contributed by atoms with Gasteiger partial charge in [-0.15, -0.1) is 0 Å². The van der Waals surface area contributed by atoms with E-state index in [9.17, 15) is 4.79 Å². The Kier molecular flexibility index (Phi) is 4.05. The van der Waals surface area contributed by atoms with Gasteiger partial charge < -0.3 is 5.11 Å². The van der Waals surface area contributed by atoms with E-state index in [1.165, 1.54) is 16.7 Å². The zero-order valence-corrected chi connectivity index (χ0v) is 11.3. The van der Waals surface area contributed by atoms with E-state index in [2.05, 4.69) is 32.0 Å². The molecule has 0 unspecified atom stereocenters. The number of aryl methyl sites for hydroxylation is 2. The van der Waals surface area contributed by atoms with Crippen LogP contribution in [0.2, 0.25) is 0 Å². The lowest BCUT2D eigenvalue weighted by atomic mass is 9.79. The average Bonchev–Trinajstić information content (AvgIpc) is 2.34. The monoisotopic (exact) mass is 246 g/mol. The molecule has 0 aromatic heterocycles. The highest BCUT2D eigenvalue weighted by Crippen LogP contribution is 2.31. The lowest BCUT2D eigenvalue weighted by molar-refractivity contribution is -0.143. The van der Waals surface area contributed by atoms with Gasteiger partial charge in [-0.2, -0.15) is 0 Å². The van der Waals surface area contributed by atoms with Gasteiger partial charge >= 0.3 is 5.97 Å². The minimum Gasteiger partial charge on any atom is -0.481 e. The number of carboxylic acids is 1. The van der Waals surface area contributed by atoms with Gasteiger partial charge in [-0.25, -0.2) is 0 Å². The smallest absolute Gasteiger partial charge is 0.306 e. The molecule has 1 N–H and O–H groups in total. The SMILES string of the molecule is Cc1ccc(CC2CCC(C(=O)O)CC2)cc1C. The highest BCUT2D eigenvalue weighted by Gasteiger charge is 2.25. The minimum absolute atomic E-state index is 0.0963. The van der Waals surface area contributed by atoms with Crippen LogP contribution in [-0.4, -0.2) is 11.1 Å². The van der Waals surface area contributed by atoms with Crippen LogP contribution < -0.4 is 0 Å². The van der Waals surface area contributed by atoms with Gasteiger partial charge in [0.15, 0.2) is 0 Å². The molecule has 1 saturated carbocycles. The molecule has 0 heterocycles. The van der Waals surface area contributed by atoms with Crippen molar-refractivity contribution in [1.82, 2.24) is 0 Å². The van der Waals surface area contributed by atoms with Crippen LogP contribution in [0.1, 0.15) is 42.4 Å². The number of rotatable bonds is 3. The molecule has 2 nitrogen and oxygen atoms in total. The number of carboxylic acid groups (broad SMARTS) is 1. The summed E-state index contributed by atoms with van der Waals surface area (Å²) in [6.45, 7) is 4.29. The molecular weight excluding hydrogens is 224 g/mol. The van der Waals surface area contributed by atoms with Crippen LogP contribution >= 0.6 is 0 Å². The summed E-state index contributed by atoms with van der Waals surface area (Å²) in [5.41, 5.74) is 4.09. The van der Waals surface area contributed by atoms with Crippen molar-refractivity contribution in [2.24, 2.45) is 11.8 Å². The molecule has 2 rings (SSSR count). The fourth-order valence-corrected chi connectivity index (χ4v) is 2.88. The number of hydrogen-bond acceptors (Lipinski definition) is 1. The molecule has 0 radical (unpaired) electrons. The van der Waals surface area contributed by atoms with Crippen molar-refractivity contribution in [3.8, 4) is 0 Å². The molecule has 18 heavy (non-hydrogen) atoms. The zero-order chi connectivity index (χ0) is 13.1. The van der Waals surface area contributed by atoms with Gasteiger partial charge in [0, 0.05) is 0 Å². The van der Waals surface area contributed by atoms with Crippen LogP contribution in [0.15, 0.2) is 18.2 Å². The summed E-state index contributed by atoms with van der Waals surface area (Å²) in [6, 6.07) is 6.68. The highest BCUT2D eigenvalue weighted by atomic mass is 16.4. The normalized spacial score (nSPS) is 23.9. The van der Waals surface area contributed by atoms with E-state index in [1.54, 1.807) is 0 Å². The van der Waals surface area contributed by atoms with Crippen molar-refractivity contribution in [2.75, 3.05) is 0 Å². The molecule has 0 saturated heterocycles. The fraction of sp³-hybridized carbons (Fsp3) is 0.562. The number of aliphatic carboxylic acids is 1. The molecule has 0 bridgehead atoms. The molecule has 98 valence electrons. The Morgan fingerprint density at radius 3 is 2.39 bits per heavy atom. The molecule has 0 spiro atoms. The molecule has 1 fully saturated rings. The summed E-state index contributed by atoms with van der Waals surface area (Å²) >= 11 is 0. The molecular formula is C16H22O2. The number of carbonyl (C=O) groups is 1. The van der Waals surface area contributed by atoms with Crippen LogP contribution in [0, 0.1) is 25.7 Å². The van der Waals surface area contributed by atoms with Crippen molar-refractivity contribution < 1.29 is 9.90 Å². The summed E-state index contributed by atoms with van der Waals surface area (Å²) < 4.78 is 0.